The maximum atomic E-state index is 13.8. The topological polar surface area (TPSA) is 68.6 Å². The van der Waals surface area contributed by atoms with Gasteiger partial charge >= 0.3 is 6.09 Å². The van der Waals surface area contributed by atoms with Gasteiger partial charge in [-0.15, -0.1) is 0 Å². The van der Waals surface area contributed by atoms with E-state index in [-0.39, 0.29) is 5.92 Å². The normalized spacial score (nSPS) is 18.3. The van der Waals surface area contributed by atoms with Gasteiger partial charge in [0.1, 0.15) is 11.0 Å². The summed E-state index contributed by atoms with van der Waals surface area (Å²) in [4.78, 5) is 15.6. The van der Waals surface area contributed by atoms with Crippen molar-refractivity contribution in [3.8, 4) is 0 Å². The van der Waals surface area contributed by atoms with Crippen LogP contribution in [-0.2, 0) is 14.6 Å². The van der Waals surface area contributed by atoms with Crippen molar-refractivity contribution < 1.29 is 17.9 Å². The second-order valence-corrected chi connectivity index (χ2v) is 13.7. The van der Waals surface area contributed by atoms with Crippen LogP contribution in [0.5, 0.6) is 0 Å². The molecule has 2 atom stereocenters. The van der Waals surface area contributed by atoms with Gasteiger partial charge in [0.15, 0.2) is 9.84 Å². The fraction of sp³-hybridized carbons (Fsp3) is 0.500. The van der Waals surface area contributed by atoms with Crippen molar-refractivity contribution in [1.82, 2.24) is 9.47 Å². The number of para-hydroxylation sites is 1. The zero-order valence-corrected chi connectivity index (χ0v) is 23.5. The molecule has 1 saturated heterocycles. The summed E-state index contributed by atoms with van der Waals surface area (Å²) >= 11 is 0. The quantitative estimate of drug-likeness (QED) is 0.338. The summed E-state index contributed by atoms with van der Waals surface area (Å²) in [7, 11) is -3.53. The Hall–Kier alpha value is -2.64. The second-order valence-electron chi connectivity index (χ2n) is 11.6. The van der Waals surface area contributed by atoms with Gasteiger partial charge in [0.05, 0.1) is 10.4 Å². The lowest BCUT2D eigenvalue weighted by molar-refractivity contribution is 0.0544. The van der Waals surface area contributed by atoms with Gasteiger partial charge in [0, 0.05) is 18.1 Å². The van der Waals surface area contributed by atoms with Crippen LogP contribution < -0.4 is 0 Å². The van der Waals surface area contributed by atoms with E-state index in [1.165, 1.54) is 0 Å². The van der Waals surface area contributed by atoms with Gasteiger partial charge in [-0.25, -0.2) is 13.2 Å². The van der Waals surface area contributed by atoms with E-state index in [4.69, 9.17) is 4.74 Å². The number of benzene rings is 2. The van der Waals surface area contributed by atoms with E-state index in [1.54, 1.807) is 28.8 Å². The number of rotatable bonds is 7. The largest absolute Gasteiger partial charge is 0.443 e. The molecule has 37 heavy (non-hydrogen) atoms. The van der Waals surface area contributed by atoms with Crippen LogP contribution in [0.25, 0.3) is 10.9 Å². The Morgan fingerprint density at radius 1 is 1.03 bits per heavy atom. The number of nitrogens with zero attached hydrogens (tertiary/aromatic N) is 2. The highest BCUT2D eigenvalue weighted by molar-refractivity contribution is 7.92. The van der Waals surface area contributed by atoms with E-state index in [0.29, 0.717) is 23.8 Å². The van der Waals surface area contributed by atoms with Crippen LogP contribution in [0.3, 0.4) is 0 Å². The molecule has 4 rings (SSSR count). The van der Waals surface area contributed by atoms with Crippen LogP contribution in [0.15, 0.2) is 65.7 Å². The van der Waals surface area contributed by atoms with Crippen molar-refractivity contribution in [3.05, 3.63) is 66.4 Å². The van der Waals surface area contributed by atoms with E-state index in [0.717, 1.165) is 42.3 Å². The molecule has 6 nitrogen and oxygen atoms in total. The summed E-state index contributed by atoms with van der Waals surface area (Å²) in [5.74, 6) is 0.538. The highest BCUT2D eigenvalue weighted by Gasteiger charge is 2.36. The van der Waals surface area contributed by atoms with Crippen LogP contribution in [0, 0.1) is 5.92 Å². The Morgan fingerprint density at radius 3 is 2.38 bits per heavy atom. The molecule has 0 saturated carbocycles. The van der Waals surface area contributed by atoms with E-state index < -0.39 is 26.9 Å². The molecule has 2 unspecified atom stereocenters. The van der Waals surface area contributed by atoms with Crippen molar-refractivity contribution >= 4 is 26.8 Å². The summed E-state index contributed by atoms with van der Waals surface area (Å²) in [6.07, 6.45) is 4.79. The van der Waals surface area contributed by atoms with Gasteiger partial charge in [0.25, 0.3) is 0 Å². The van der Waals surface area contributed by atoms with Gasteiger partial charge in [-0.1, -0.05) is 50.2 Å². The van der Waals surface area contributed by atoms with E-state index in [9.17, 15) is 13.2 Å². The molecule has 0 aliphatic carbocycles. The molecule has 1 aliphatic heterocycles. The SMILES string of the molecule is CC(C)CCC(N1CCCC(c2cn(C(=O)OC(C)(C)C)c3ccccc23)C1)S(=O)(=O)c1ccccc1. The smallest absolute Gasteiger partial charge is 0.419 e. The number of fused-ring (bicyclic) bond motifs is 1. The minimum Gasteiger partial charge on any atom is -0.443 e. The van der Waals surface area contributed by atoms with E-state index in [1.807, 2.05) is 57.3 Å². The molecule has 7 heteroatoms. The van der Waals surface area contributed by atoms with Gasteiger partial charge in [-0.2, -0.15) is 0 Å². The summed E-state index contributed by atoms with van der Waals surface area (Å²) in [6, 6.07) is 16.7. The predicted molar refractivity (Wildman–Crippen MR) is 149 cm³/mol. The fourth-order valence-corrected chi connectivity index (χ4v) is 7.17. The van der Waals surface area contributed by atoms with Gasteiger partial charge in [0.2, 0.25) is 0 Å². The number of aromatic nitrogens is 1. The second kappa shape index (κ2) is 11.0. The number of sulfone groups is 1. The zero-order valence-electron chi connectivity index (χ0n) is 22.7. The lowest BCUT2D eigenvalue weighted by atomic mass is 9.90. The maximum absolute atomic E-state index is 13.8. The number of carbonyl (C=O) groups is 1. The summed E-state index contributed by atoms with van der Waals surface area (Å²) in [5, 5.41) is 0.448. The van der Waals surface area contributed by atoms with Crippen molar-refractivity contribution in [2.24, 2.45) is 5.92 Å². The average molecular weight is 525 g/mol. The molecule has 0 amide bonds. The molecule has 1 fully saturated rings. The van der Waals surface area contributed by atoms with Crippen molar-refractivity contribution in [2.75, 3.05) is 13.1 Å². The molecule has 0 spiro atoms. The lowest BCUT2D eigenvalue weighted by Crippen LogP contribution is -2.46. The van der Waals surface area contributed by atoms with Gasteiger partial charge in [-0.05, 0) is 88.6 Å². The molecular weight excluding hydrogens is 484 g/mol. The van der Waals surface area contributed by atoms with Crippen LogP contribution >= 0.6 is 0 Å². The van der Waals surface area contributed by atoms with Crippen molar-refractivity contribution in [2.45, 2.75) is 82.1 Å². The number of carbonyl (C=O) groups excluding carboxylic acids is 1. The fourth-order valence-electron chi connectivity index (χ4n) is 5.29. The number of hydrogen-bond acceptors (Lipinski definition) is 5. The highest BCUT2D eigenvalue weighted by atomic mass is 32.2. The van der Waals surface area contributed by atoms with E-state index >= 15 is 0 Å². The van der Waals surface area contributed by atoms with Gasteiger partial charge in [-0.3, -0.25) is 9.47 Å². The molecule has 200 valence electrons. The highest BCUT2D eigenvalue weighted by Crippen LogP contribution is 2.36. The average Bonchev–Trinajstić information content (AvgIpc) is 3.24. The third kappa shape index (κ3) is 6.27. The molecule has 2 heterocycles. The van der Waals surface area contributed by atoms with Crippen LogP contribution in [0.4, 0.5) is 4.79 Å². The Labute approximate surface area is 221 Å². The van der Waals surface area contributed by atoms with Crippen LogP contribution in [-0.4, -0.2) is 48.0 Å². The molecule has 1 aliphatic rings. The Morgan fingerprint density at radius 2 is 1.70 bits per heavy atom. The Kier molecular flexibility index (Phi) is 8.14. The Bertz CT molecular complexity index is 1320. The molecule has 1 aromatic heterocycles. The number of likely N-dealkylation sites (tertiary alicyclic amines) is 1. The minimum absolute atomic E-state index is 0.120. The maximum Gasteiger partial charge on any atom is 0.419 e. The third-order valence-corrected chi connectivity index (χ3v) is 9.23. The standard InChI is InChI=1S/C30H40N2O4S/c1-22(2)17-18-28(37(34,35)24-13-7-6-8-14-24)31-19-11-12-23(20-31)26-21-32(29(33)36-30(3,4)5)27-16-10-9-15-25(26)27/h6-10,13-16,21-23,28H,11-12,17-20H2,1-5H3. The first-order valence-corrected chi connectivity index (χ1v) is 14.9. The Balaban J connectivity index is 1.67. The molecular formula is C30H40N2O4S. The third-order valence-electron chi connectivity index (χ3n) is 7.05. The van der Waals surface area contributed by atoms with Crippen LogP contribution in [0.2, 0.25) is 0 Å². The van der Waals surface area contributed by atoms with Crippen LogP contribution in [0.1, 0.15) is 71.8 Å². The molecule has 0 N–H and O–H groups in total. The predicted octanol–water partition coefficient (Wildman–Crippen LogP) is 6.84. The lowest BCUT2D eigenvalue weighted by Gasteiger charge is -2.38. The minimum atomic E-state index is -3.53. The first kappa shape index (κ1) is 27.4. The number of piperidine rings is 1. The zero-order chi connectivity index (χ0) is 26.8. The van der Waals surface area contributed by atoms with Crippen molar-refractivity contribution in [1.29, 1.82) is 0 Å². The first-order chi connectivity index (χ1) is 17.5. The number of hydrogen-bond donors (Lipinski definition) is 0. The summed E-state index contributed by atoms with van der Waals surface area (Å²) < 4.78 is 34.9. The van der Waals surface area contributed by atoms with Gasteiger partial charge < -0.3 is 4.74 Å². The number of ether oxygens (including phenoxy) is 1. The summed E-state index contributed by atoms with van der Waals surface area (Å²) in [6.45, 7) is 11.2. The van der Waals surface area contributed by atoms with Crippen molar-refractivity contribution in [3.63, 3.8) is 0 Å². The molecule has 3 aromatic rings. The monoisotopic (exact) mass is 524 g/mol. The molecule has 0 bridgehead atoms. The molecule has 0 radical (unpaired) electrons. The first-order valence-electron chi connectivity index (χ1n) is 13.3. The molecule has 2 aromatic carbocycles. The van der Waals surface area contributed by atoms with E-state index in [2.05, 4.69) is 18.7 Å². The summed E-state index contributed by atoms with van der Waals surface area (Å²) in [5.41, 5.74) is 1.29.